The summed E-state index contributed by atoms with van der Waals surface area (Å²) in [7, 11) is 1.37. The minimum absolute atomic E-state index is 0.101. The number of ether oxygens (including phenoxy) is 1. The van der Waals surface area contributed by atoms with Gasteiger partial charge in [-0.05, 0) is 13.0 Å². The fraction of sp³-hybridized carbons (Fsp3) is 0.385. The molecule has 0 atom stereocenters. The van der Waals surface area contributed by atoms with Gasteiger partial charge in [0.1, 0.15) is 0 Å². The van der Waals surface area contributed by atoms with E-state index >= 15 is 0 Å². The zero-order chi connectivity index (χ0) is 12.7. The van der Waals surface area contributed by atoms with Gasteiger partial charge in [0.25, 0.3) is 0 Å². The summed E-state index contributed by atoms with van der Waals surface area (Å²) < 4.78 is 4.52. The quantitative estimate of drug-likeness (QED) is 0.443. The molecule has 0 aliphatic carbocycles. The molecule has 0 fully saturated rings. The molecule has 1 aromatic rings. The van der Waals surface area contributed by atoms with Gasteiger partial charge in [-0.3, -0.25) is 9.59 Å². The predicted molar refractivity (Wildman–Crippen MR) is 69.5 cm³/mol. The molecule has 3 nitrogen and oxygen atoms in total. The highest BCUT2D eigenvalue weighted by Crippen LogP contribution is 2.10. The number of thioether (sulfide) groups is 1. The molecule has 0 aromatic heterocycles. The van der Waals surface area contributed by atoms with E-state index in [9.17, 15) is 9.59 Å². The van der Waals surface area contributed by atoms with Gasteiger partial charge < -0.3 is 4.74 Å². The zero-order valence-corrected chi connectivity index (χ0v) is 10.9. The topological polar surface area (TPSA) is 43.4 Å². The summed E-state index contributed by atoms with van der Waals surface area (Å²) in [6, 6.07) is 7.53. The molecule has 0 aliphatic rings. The maximum Gasteiger partial charge on any atom is 0.306 e. The van der Waals surface area contributed by atoms with Crippen LogP contribution in [-0.4, -0.2) is 30.4 Å². The molecule has 0 unspecified atom stereocenters. The van der Waals surface area contributed by atoms with Gasteiger partial charge in [0.15, 0.2) is 5.78 Å². The van der Waals surface area contributed by atoms with Crippen molar-refractivity contribution in [2.75, 3.05) is 18.6 Å². The van der Waals surface area contributed by atoms with E-state index in [0.29, 0.717) is 17.9 Å². The van der Waals surface area contributed by atoms with Crippen molar-refractivity contribution in [3.63, 3.8) is 0 Å². The molecular weight excluding hydrogens is 236 g/mol. The Balaban J connectivity index is 2.33. The summed E-state index contributed by atoms with van der Waals surface area (Å²) >= 11 is 1.46. The Kier molecular flexibility index (Phi) is 5.77. The first-order valence-electron chi connectivity index (χ1n) is 5.38. The number of Topliss-reactive ketones (excluding diaryl/α,β-unsaturated/α-hetero) is 1. The number of rotatable bonds is 6. The highest BCUT2D eigenvalue weighted by Gasteiger charge is 2.06. The summed E-state index contributed by atoms with van der Waals surface area (Å²) in [5, 5.41) is 0. The number of esters is 1. The van der Waals surface area contributed by atoms with E-state index < -0.39 is 0 Å². The lowest BCUT2D eigenvalue weighted by molar-refractivity contribution is -0.140. The highest BCUT2D eigenvalue weighted by molar-refractivity contribution is 8.00. The molecule has 1 aromatic carbocycles. The monoisotopic (exact) mass is 252 g/mol. The normalized spacial score (nSPS) is 10.0. The van der Waals surface area contributed by atoms with Crippen LogP contribution >= 0.6 is 11.8 Å². The average molecular weight is 252 g/mol. The van der Waals surface area contributed by atoms with E-state index in [1.54, 1.807) is 0 Å². The number of carbonyl (C=O) groups is 2. The Morgan fingerprint density at radius 1 is 1.35 bits per heavy atom. The lowest BCUT2D eigenvalue weighted by Crippen LogP contribution is -2.05. The van der Waals surface area contributed by atoms with E-state index in [1.807, 2.05) is 31.2 Å². The number of aryl methyl sites for hydroxylation is 1. The zero-order valence-electron chi connectivity index (χ0n) is 10.1. The van der Waals surface area contributed by atoms with Crippen molar-refractivity contribution in [1.29, 1.82) is 0 Å². The molecule has 4 heteroatoms. The molecule has 0 spiro atoms. The van der Waals surface area contributed by atoms with E-state index in [2.05, 4.69) is 4.74 Å². The van der Waals surface area contributed by atoms with Gasteiger partial charge in [-0.1, -0.05) is 23.8 Å². The fourth-order valence-corrected chi connectivity index (χ4v) is 2.13. The minimum atomic E-state index is -0.236. The van der Waals surface area contributed by atoms with Crippen molar-refractivity contribution in [2.45, 2.75) is 13.3 Å². The summed E-state index contributed by atoms with van der Waals surface area (Å²) in [6.45, 7) is 1.96. The average Bonchev–Trinajstić information content (AvgIpc) is 2.34. The molecule has 0 saturated heterocycles. The molecule has 0 heterocycles. The molecular formula is C13H16O3S. The fourth-order valence-electron chi connectivity index (χ4n) is 1.32. The van der Waals surface area contributed by atoms with E-state index in [4.69, 9.17) is 0 Å². The van der Waals surface area contributed by atoms with Crippen LogP contribution in [0.4, 0.5) is 0 Å². The second-order valence-corrected chi connectivity index (χ2v) is 4.78. The summed E-state index contributed by atoms with van der Waals surface area (Å²) in [6.07, 6.45) is 0.349. The van der Waals surface area contributed by atoms with Crippen LogP contribution in [0.3, 0.4) is 0 Å². The molecule has 0 radical (unpaired) electrons. The maximum atomic E-state index is 11.8. The number of benzene rings is 1. The number of hydrogen-bond acceptors (Lipinski definition) is 4. The first kappa shape index (κ1) is 13.8. The number of carbonyl (C=O) groups excluding carboxylic acids is 2. The van der Waals surface area contributed by atoms with Crippen molar-refractivity contribution in [3.8, 4) is 0 Å². The summed E-state index contributed by atoms with van der Waals surface area (Å²) in [5.41, 5.74) is 1.81. The lowest BCUT2D eigenvalue weighted by atomic mass is 10.1. The van der Waals surface area contributed by atoms with Gasteiger partial charge in [0.2, 0.25) is 0 Å². The summed E-state index contributed by atoms with van der Waals surface area (Å²) in [5.74, 6) is 0.883. The SMILES string of the molecule is COC(=O)CCSCC(=O)c1cccc(C)c1. The molecule has 0 bridgehead atoms. The van der Waals surface area contributed by atoms with Crippen LogP contribution in [0.25, 0.3) is 0 Å². The maximum absolute atomic E-state index is 11.8. The van der Waals surface area contributed by atoms with Crippen LogP contribution in [0, 0.1) is 6.92 Å². The van der Waals surface area contributed by atoms with Crippen LogP contribution < -0.4 is 0 Å². The Labute approximate surface area is 106 Å². The highest BCUT2D eigenvalue weighted by atomic mass is 32.2. The van der Waals surface area contributed by atoms with Crippen molar-refractivity contribution in [1.82, 2.24) is 0 Å². The number of methoxy groups -OCH3 is 1. The van der Waals surface area contributed by atoms with Gasteiger partial charge in [-0.15, -0.1) is 0 Å². The third-order valence-corrected chi connectivity index (χ3v) is 3.21. The first-order chi connectivity index (χ1) is 8.13. The molecule has 1 rings (SSSR count). The molecule has 0 amide bonds. The Bertz CT molecular complexity index is 401. The third kappa shape index (κ3) is 5.04. The van der Waals surface area contributed by atoms with E-state index in [1.165, 1.54) is 18.9 Å². The third-order valence-electron chi connectivity index (χ3n) is 2.25. The summed E-state index contributed by atoms with van der Waals surface area (Å²) in [4.78, 5) is 22.6. The van der Waals surface area contributed by atoms with Crippen molar-refractivity contribution >= 4 is 23.5 Å². The van der Waals surface area contributed by atoms with Crippen LogP contribution in [0.2, 0.25) is 0 Å². The van der Waals surface area contributed by atoms with Crippen LogP contribution in [-0.2, 0) is 9.53 Å². The van der Waals surface area contributed by atoms with E-state index in [-0.39, 0.29) is 11.8 Å². The van der Waals surface area contributed by atoms with Crippen LogP contribution in [0.1, 0.15) is 22.3 Å². The Morgan fingerprint density at radius 2 is 2.12 bits per heavy atom. The lowest BCUT2D eigenvalue weighted by Gasteiger charge is -2.02. The molecule has 0 aliphatic heterocycles. The molecule has 92 valence electrons. The Hall–Kier alpha value is -1.29. The van der Waals surface area contributed by atoms with Gasteiger partial charge in [-0.25, -0.2) is 0 Å². The van der Waals surface area contributed by atoms with Gasteiger partial charge in [-0.2, -0.15) is 11.8 Å². The molecule has 0 N–H and O–H groups in total. The van der Waals surface area contributed by atoms with Crippen LogP contribution in [0.5, 0.6) is 0 Å². The van der Waals surface area contributed by atoms with Crippen molar-refractivity contribution in [3.05, 3.63) is 35.4 Å². The standard InChI is InChI=1S/C13H16O3S/c1-10-4-3-5-11(8-10)12(14)9-17-7-6-13(15)16-2/h3-5,8H,6-7,9H2,1-2H3. The molecule has 0 saturated carbocycles. The van der Waals surface area contributed by atoms with E-state index in [0.717, 1.165) is 11.1 Å². The number of ketones is 1. The Morgan fingerprint density at radius 3 is 2.76 bits per heavy atom. The van der Waals surface area contributed by atoms with Crippen molar-refractivity contribution < 1.29 is 14.3 Å². The van der Waals surface area contributed by atoms with Crippen LogP contribution in [0.15, 0.2) is 24.3 Å². The first-order valence-corrected chi connectivity index (χ1v) is 6.53. The predicted octanol–water partition coefficient (Wildman–Crippen LogP) is 2.47. The molecule has 17 heavy (non-hydrogen) atoms. The minimum Gasteiger partial charge on any atom is -0.469 e. The van der Waals surface area contributed by atoms with Gasteiger partial charge in [0, 0.05) is 11.3 Å². The smallest absolute Gasteiger partial charge is 0.306 e. The van der Waals surface area contributed by atoms with Crippen molar-refractivity contribution in [2.24, 2.45) is 0 Å². The second-order valence-electron chi connectivity index (χ2n) is 3.67. The van der Waals surface area contributed by atoms with Gasteiger partial charge in [0.05, 0.1) is 19.3 Å². The largest absolute Gasteiger partial charge is 0.469 e. The van der Waals surface area contributed by atoms with Gasteiger partial charge >= 0.3 is 5.97 Å². The number of hydrogen-bond donors (Lipinski definition) is 0. The second kappa shape index (κ2) is 7.12.